The van der Waals surface area contributed by atoms with Crippen LogP contribution in [0.1, 0.15) is 11.7 Å². The number of hydrogen-bond donors (Lipinski definition) is 2. The van der Waals surface area contributed by atoms with E-state index in [1.165, 1.54) is 5.56 Å². The predicted octanol–water partition coefficient (Wildman–Crippen LogP) is 1.35. The van der Waals surface area contributed by atoms with E-state index in [0.717, 1.165) is 0 Å². The van der Waals surface area contributed by atoms with Gasteiger partial charge in [-0.25, -0.2) is 0 Å². The fourth-order valence-corrected chi connectivity index (χ4v) is 1.17. The quantitative estimate of drug-likeness (QED) is 0.625. The minimum atomic E-state index is 0.260. The van der Waals surface area contributed by atoms with E-state index in [0.29, 0.717) is 0 Å². The van der Waals surface area contributed by atoms with Crippen molar-refractivity contribution in [3.8, 4) is 0 Å². The molecule has 0 saturated heterocycles. The zero-order valence-electron chi connectivity index (χ0n) is 6.12. The van der Waals surface area contributed by atoms with E-state index in [4.69, 9.17) is 0 Å². The second kappa shape index (κ2) is 2.66. The largest absolute Gasteiger partial charge is 0.366 e. The lowest BCUT2D eigenvalue weighted by Crippen LogP contribution is -2.20. The monoisotopic (exact) mass is 146 g/mol. The van der Waals surface area contributed by atoms with E-state index in [1.54, 1.807) is 0 Å². The van der Waals surface area contributed by atoms with E-state index in [9.17, 15) is 0 Å². The van der Waals surface area contributed by atoms with Gasteiger partial charge in [0, 0.05) is 12.4 Å². The minimum absolute atomic E-state index is 0.260. The van der Waals surface area contributed by atoms with Crippen LogP contribution in [0.15, 0.2) is 42.7 Å². The highest BCUT2D eigenvalue weighted by Crippen LogP contribution is 2.11. The Morgan fingerprint density at radius 2 is 1.55 bits per heavy atom. The highest BCUT2D eigenvalue weighted by Gasteiger charge is 2.08. The third-order valence-corrected chi connectivity index (χ3v) is 1.74. The number of rotatable bonds is 1. The van der Waals surface area contributed by atoms with E-state index >= 15 is 0 Å². The summed E-state index contributed by atoms with van der Waals surface area (Å²) in [4.78, 5) is 0. The molecule has 0 spiro atoms. The Bertz CT molecular complexity index is 246. The Balaban J connectivity index is 2.17. The average Bonchev–Trinajstić information content (AvgIpc) is 2.58. The SMILES string of the molecule is C1=CNC(c2ccccc2)N1. The molecule has 2 nitrogen and oxygen atoms in total. The van der Waals surface area contributed by atoms with E-state index < -0.39 is 0 Å². The van der Waals surface area contributed by atoms with Crippen molar-refractivity contribution >= 4 is 0 Å². The van der Waals surface area contributed by atoms with Gasteiger partial charge in [-0.3, -0.25) is 0 Å². The lowest BCUT2D eigenvalue weighted by atomic mass is 10.2. The first-order valence-corrected chi connectivity index (χ1v) is 3.69. The second-order valence-electron chi connectivity index (χ2n) is 2.51. The topological polar surface area (TPSA) is 24.1 Å². The van der Waals surface area contributed by atoms with Crippen molar-refractivity contribution in [2.45, 2.75) is 6.17 Å². The van der Waals surface area contributed by atoms with Crippen LogP contribution in [-0.4, -0.2) is 0 Å². The van der Waals surface area contributed by atoms with Crippen molar-refractivity contribution < 1.29 is 0 Å². The maximum absolute atomic E-state index is 3.18. The molecule has 0 radical (unpaired) electrons. The van der Waals surface area contributed by atoms with Crippen molar-refractivity contribution in [3.05, 3.63) is 48.3 Å². The summed E-state index contributed by atoms with van der Waals surface area (Å²) in [5.41, 5.74) is 1.26. The molecule has 1 aromatic rings. The predicted molar refractivity (Wildman–Crippen MR) is 44.6 cm³/mol. The highest BCUT2D eigenvalue weighted by molar-refractivity contribution is 5.20. The molecule has 11 heavy (non-hydrogen) atoms. The van der Waals surface area contributed by atoms with Gasteiger partial charge in [0.05, 0.1) is 0 Å². The van der Waals surface area contributed by atoms with Crippen molar-refractivity contribution in [1.29, 1.82) is 0 Å². The molecule has 0 atom stereocenters. The zero-order chi connectivity index (χ0) is 7.52. The summed E-state index contributed by atoms with van der Waals surface area (Å²) in [6.45, 7) is 0. The molecule has 0 amide bonds. The number of benzene rings is 1. The lowest BCUT2D eigenvalue weighted by molar-refractivity contribution is 0.608. The maximum Gasteiger partial charge on any atom is 0.122 e. The summed E-state index contributed by atoms with van der Waals surface area (Å²) in [6, 6.07) is 10.3. The molecule has 1 heterocycles. The molecule has 0 bridgehead atoms. The lowest BCUT2D eigenvalue weighted by Gasteiger charge is -2.11. The van der Waals surface area contributed by atoms with Crippen molar-refractivity contribution in [2.24, 2.45) is 0 Å². The van der Waals surface area contributed by atoms with Gasteiger partial charge in [-0.2, -0.15) is 0 Å². The van der Waals surface area contributed by atoms with Crippen molar-refractivity contribution in [2.75, 3.05) is 0 Å². The Hall–Kier alpha value is -1.44. The summed E-state index contributed by atoms with van der Waals surface area (Å²) in [6.07, 6.45) is 4.09. The van der Waals surface area contributed by atoms with Crippen LogP contribution < -0.4 is 10.6 Å². The molecule has 2 N–H and O–H groups in total. The van der Waals surface area contributed by atoms with Gasteiger partial charge in [0.15, 0.2) is 0 Å². The first-order chi connectivity index (χ1) is 5.47. The fraction of sp³-hybridized carbons (Fsp3) is 0.111. The van der Waals surface area contributed by atoms with Crippen LogP contribution in [0.4, 0.5) is 0 Å². The van der Waals surface area contributed by atoms with Gasteiger partial charge >= 0.3 is 0 Å². The number of hydrogen-bond acceptors (Lipinski definition) is 2. The first kappa shape index (κ1) is 6.28. The van der Waals surface area contributed by atoms with Gasteiger partial charge in [0.2, 0.25) is 0 Å². The molecule has 56 valence electrons. The zero-order valence-corrected chi connectivity index (χ0v) is 6.12. The Morgan fingerprint density at radius 1 is 0.909 bits per heavy atom. The Kier molecular flexibility index (Phi) is 1.52. The van der Waals surface area contributed by atoms with Crippen LogP contribution in [0, 0.1) is 0 Å². The molecule has 2 rings (SSSR count). The van der Waals surface area contributed by atoms with Gasteiger partial charge in [-0.05, 0) is 5.56 Å². The van der Waals surface area contributed by atoms with Crippen LogP contribution in [0.2, 0.25) is 0 Å². The van der Waals surface area contributed by atoms with E-state index in [2.05, 4.69) is 22.8 Å². The normalized spacial score (nSPS) is 16.0. The van der Waals surface area contributed by atoms with Gasteiger partial charge in [-0.15, -0.1) is 0 Å². The summed E-state index contributed by atoms with van der Waals surface area (Å²) in [7, 11) is 0. The molecule has 2 heteroatoms. The summed E-state index contributed by atoms with van der Waals surface area (Å²) in [5, 5.41) is 6.36. The van der Waals surface area contributed by atoms with Crippen LogP contribution in [0.3, 0.4) is 0 Å². The molecule has 1 aromatic carbocycles. The molecule has 0 fully saturated rings. The summed E-state index contributed by atoms with van der Waals surface area (Å²) < 4.78 is 0. The molecule has 0 aliphatic carbocycles. The standard InChI is InChI=1S/C9H10N2/c1-2-4-8(5-3-1)9-10-6-7-11-9/h1-7,9-11H. The smallest absolute Gasteiger partial charge is 0.122 e. The Morgan fingerprint density at radius 3 is 2.18 bits per heavy atom. The molecular formula is C9H10N2. The van der Waals surface area contributed by atoms with Crippen LogP contribution >= 0.6 is 0 Å². The Labute approximate surface area is 65.9 Å². The minimum Gasteiger partial charge on any atom is -0.366 e. The van der Waals surface area contributed by atoms with Gasteiger partial charge in [0.1, 0.15) is 6.17 Å². The third-order valence-electron chi connectivity index (χ3n) is 1.74. The van der Waals surface area contributed by atoms with Gasteiger partial charge < -0.3 is 10.6 Å². The summed E-state index contributed by atoms with van der Waals surface area (Å²) in [5.74, 6) is 0. The molecular weight excluding hydrogens is 136 g/mol. The average molecular weight is 146 g/mol. The molecule has 0 aromatic heterocycles. The van der Waals surface area contributed by atoms with Gasteiger partial charge in [0.25, 0.3) is 0 Å². The third kappa shape index (κ3) is 1.19. The molecule has 0 saturated carbocycles. The van der Waals surface area contributed by atoms with E-state index in [1.807, 2.05) is 30.6 Å². The second-order valence-corrected chi connectivity index (χ2v) is 2.51. The highest BCUT2D eigenvalue weighted by atomic mass is 15.1. The van der Waals surface area contributed by atoms with Gasteiger partial charge in [-0.1, -0.05) is 30.3 Å². The number of nitrogens with one attached hydrogen (secondary N) is 2. The van der Waals surface area contributed by atoms with Crippen molar-refractivity contribution in [3.63, 3.8) is 0 Å². The maximum atomic E-state index is 3.18. The van der Waals surface area contributed by atoms with E-state index in [-0.39, 0.29) is 6.17 Å². The first-order valence-electron chi connectivity index (χ1n) is 3.69. The van der Waals surface area contributed by atoms with Crippen LogP contribution in [0.5, 0.6) is 0 Å². The molecule has 1 aliphatic rings. The summed E-state index contributed by atoms with van der Waals surface area (Å²) >= 11 is 0. The molecule has 0 unspecified atom stereocenters. The van der Waals surface area contributed by atoms with Crippen LogP contribution in [0.25, 0.3) is 0 Å². The molecule has 1 aliphatic heterocycles. The van der Waals surface area contributed by atoms with Crippen molar-refractivity contribution in [1.82, 2.24) is 10.6 Å². The van der Waals surface area contributed by atoms with Crippen LogP contribution in [-0.2, 0) is 0 Å². The fourth-order valence-electron chi connectivity index (χ4n) is 1.17.